The molecule has 6 nitrogen and oxygen atoms in total. The molecule has 0 bridgehead atoms. The summed E-state index contributed by atoms with van der Waals surface area (Å²) in [5.41, 5.74) is 6.43. The molecule has 0 fully saturated rings. The van der Waals surface area contributed by atoms with Crippen LogP contribution >= 0.6 is 23.5 Å². The lowest BCUT2D eigenvalue weighted by Gasteiger charge is -2.26. The Morgan fingerprint density at radius 3 is 0.750 bits per heavy atom. The molecule has 0 atom stereocenters. The van der Waals surface area contributed by atoms with Crippen LogP contribution in [-0.4, -0.2) is 39.9 Å². The summed E-state index contributed by atoms with van der Waals surface area (Å²) >= 11 is 3.82. The maximum atomic E-state index is 5.40. The predicted molar refractivity (Wildman–Crippen MR) is 219 cm³/mol. The largest absolute Gasteiger partial charge is 0.497 e. The topological polar surface area (TPSA) is 43.4 Å². The number of rotatable bonds is 17. The SMILES string of the molecule is COc1ccc(N(c2ccc(OC)cc2)c2ccc(SCCCCSc3ccc(N(c4ccc(OC)cc4)c4ccc(OC)cc4)cc3)cc2)cc1. The van der Waals surface area contributed by atoms with Gasteiger partial charge in [0.1, 0.15) is 23.0 Å². The van der Waals surface area contributed by atoms with Crippen molar-refractivity contribution < 1.29 is 18.9 Å². The molecule has 0 amide bonds. The highest BCUT2D eigenvalue weighted by Crippen LogP contribution is 2.39. The first-order chi connectivity index (χ1) is 25.6. The second kappa shape index (κ2) is 18.4. The Kier molecular flexibility index (Phi) is 12.9. The van der Waals surface area contributed by atoms with Gasteiger partial charge in [-0.1, -0.05) is 0 Å². The first kappa shape index (κ1) is 36.6. The van der Waals surface area contributed by atoms with E-state index in [2.05, 4.69) is 107 Å². The molecule has 6 aromatic rings. The van der Waals surface area contributed by atoms with Crippen LogP contribution in [0, 0.1) is 0 Å². The van der Waals surface area contributed by atoms with Gasteiger partial charge in [0.15, 0.2) is 0 Å². The molecule has 0 heterocycles. The van der Waals surface area contributed by atoms with E-state index in [1.165, 1.54) is 9.79 Å². The molecular formula is C44H44N2O4S2. The van der Waals surface area contributed by atoms with Gasteiger partial charge in [-0.3, -0.25) is 0 Å². The molecule has 6 aromatic carbocycles. The number of hydrogen-bond acceptors (Lipinski definition) is 8. The zero-order valence-corrected chi connectivity index (χ0v) is 31.7. The van der Waals surface area contributed by atoms with Gasteiger partial charge in [-0.2, -0.15) is 0 Å². The number of nitrogens with zero attached hydrogens (tertiary/aromatic N) is 2. The smallest absolute Gasteiger partial charge is 0.119 e. The Bertz CT molecular complexity index is 1710. The molecule has 0 aliphatic rings. The number of ether oxygens (including phenoxy) is 4. The van der Waals surface area contributed by atoms with Crippen LogP contribution in [0.2, 0.25) is 0 Å². The van der Waals surface area contributed by atoms with Gasteiger partial charge in [0.05, 0.1) is 28.4 Å². The van der Waals surface area contributed by atoms with Crippen LogP contribution in [0.1, 0.15) is 12.8 Å². The molecule has 0 aromatic heterocycles. The lowest BCUT2D eigenvalue weighted by atomic mass is 10.2. The molecule has 0 spiro atoms. The molecule has 0 radical (unpaired) electrons. The standard InChI is InChI=1S/C44H44N2O4S2/c1-47-39-19-7-33(8-20-39)45(34-9-21-40(48-2)22-10-34)37-15-27-43(28-16-37)51-31-5-6-32-52-44-29-17-38(18-30-44)46(35-11-23-41(49-3)24-12-35)36-13-25-42(50-4)26-14-36/h7-30H,5-6,31-32H2,1-4H3. The first-order valence-corrected chi connectivity index (χ1v) is 19.2. The van der Waals surface area contributed by atoms with Crippen LogP contribution in [0.15, 0.2) is 155 Å². The average Bonchev–Trinajstić information content (AvgIpc) is 3.21. The van der Waals surface area contributed by atoms with Crippen LogP contribution in [0.3, 0.4) is 0 Å². The average molecular weight is 729 g/mol. The van der Waals surface area contributed by atoms with Gasteiger partial charge in [0.25, 0.3) is 0 Å². The van der Waals surface area contributed by atoms with Gasteiger partial charge >= 0.3 is 0 Å². The van der Waals surface area contributed by atoms with Crippen molar-refractivity contribution in [3.63, 3.8) is 0 Å². The quantitative estimate of drug-likeness (QED) is 0.0679. The summed E-state index contributed by atoms with van der Waals surface area (Å²) in [6.45, 7) is 0. The minimum absolute atomic E-state index is 0.833. The van der Waals surface area contributed by atoms with Crippen molar-refractivity contribution in [1.29, 1.82) is 0 Å². The van der Waals surface area contributed by atoms with E-state index in [0.29, 0.717) is 0 Å². The van der Waals surface area contributed by atoms with Crippen LogP contribution in [0.25, 0.3) is 0 Å². The lowest BCUT2D eigenvalue weighted by Crippen LogP contribution is -2.09. The second-order valence-corrected chi connectivity index (χ2v) is 14.2. The Hall–Kier alpha value is -5.18. The number of unbranched alkanes of at least 4 members (excludes halogenated alkanes) is 1. The van der Waals surface area contributed by atoms with Crippen molar-refractivity contribution in [3.8, 4) is 23.0 Å². The van der Waals surface area contributed by atoms with E-state index in [4.69, 9.17) is 18.9 Å². The molecule has 0 aliphatic carbocycles. The van der Waals surface area contributed by atoms with Gasteiger partial charge in [0.2, 0.25) is 0 Å². The molecule has 266 valence electrons. The molecule has 52 heavy (non-hydrogen) atoms. The number of hydrogen-bond donors (Lipinski definition) is 0. The lowest BCUT2D eigenvalue weighted by molar-refractivity contribution is 0.414. The molecule has 0 saturated heterocycles. The highest BCUT2D eigenvalue weighted by atomic mass is 32.2. The van der Waals surface area contributed by atoms with E-state index in [1.54, 1.807) is 28.4 Å². The fraction of sp³-hybridized carbons (Fsp3) is 0.182. The van der Waals surface area contributed by atoms with E-state index < -0.39 is 0 Å². The highest BCUT2D eigenvalue weighted by Gasteiger charge is 2.15. The Morgan fingerprint density at radius 2 is 0.538 bits per heavy atom. The Morgan fingerprint density at radius 1 is 0.327 bits per heavy atom. The molecule has 0 saturated carbocycles. The molecule has 0 unspecified atom stereocenters. The van der Waals surface area contributed by atoms with Gasteiger partial charge in [-0.05, 0) is 170 Å². The summed E-state index contributed by atoms with van der Waals surface area (Å²) in [7, 11) is 6.75. The van der Waals surface area contributed by atoms with Crippen LogP contribution < -0.4 is 28.7 Å². The fourth-order valence-electron chi connectivity index (χ4n) is 5.79. The monoisotopic (exact) mass is 728 g/mol. The fourth-order valence-corrected chi connectivity index (χ4v) is 7.61. The van der Waals surface area contributed by atoms with Crippen molar-refractivity contribution in [2.24, 2.45) is 0 Å². The molecule has 6 rings (SSSR count). The molecule has 8 heteroatoms. The zero-order chi connectivity index (χ0) is 36.1. The molecule has 0 N–H and O–H groups in total. The van der Waals surface area contributed by atoms with E-state index in [1.807, 2.05) is 72.1 Å². The summed E-state index contributed by atoms with van der Waals surface area (Å²) < 4.78 is 21.6. The Balaban J connectivity index is 1.02. The van der Waals surface area contributed by atoms with Gasteiger partial charge < -0.3 is 28.7 Å². The summed E-state index contributed by atoms with van der Waals surface area (Å²) in [6.07, 6.45) is 2.31. The third-order valence-corrected chi connectivity index (χ3v) is 10.8. The maximum absolute atomic E-state index is 5.40. The summed E-state index contributed by atoms with van der Waals surface area (Å²) in [6, 6.07) is 50.2. The van der Waals surface area contributed by atoms with Crippen molar-refractivity contribution in [2.45, 2.75) is 22.6 Å². The van der Waals surface area contributed by atoms with Gasteiger partial charge in [-0.25, -0.2) is 0 Å². The van der Waals surface area contributed by atoms with Gasteiger partial charge in [0, 0.05) is 43.9 Å². The highest BCUT2D eigenvalue weighted by molar-refractivity contribution is 7.99. The summed E-state index contributed by atoms with van der Waals surface area (Å²) in [5, 5.41) is 0. The van der Waals surface area contributed by atoms with E-state index in [-0.39, 0.29) is 0 Å². The van der Waals surface area contributed by atoms with E-state index in [9.17, 15) is 0 Å². The third-order valence-electron chi connectivity index (χ3n) is 8.59. The van der Waals surface area contributed by atoms with Gasteiger partial charge in [-0.15, -0.1) is 23.5 Å². The van der Waals surface area contributed by atoms with Crippen LogP contribution in [0.5, 0.6) is 23.0 Å². The number of anilines is 6. The third kappa shape index (κ3) is 9.37. The van der Waals surface area contributed by atoms with Crippen molar-refractivity contribution in [1.82, 2.24) is 0 Å². The second-order valence-electron chi connectivity index (χ2n) is 11.9. The molecular weight excluding hydrogens is 685 g/mol. The van der Waals surface area contributed by atoms with Crippen LogP contribution in [-0.2, 0) is 0 Å². The van der Waals surface area contributed by atoms with Crippen LogP contribution in [0.4, 0.5) is 34.1 Å². The van der Waals surface area contributed by atoms with E-state index >= 15 is 0 Å². The summed E-state index contributed by atoms with van der Waals surface area (Å²) in [5.74, 6) is 5.49. The first-order valence-electron chi connectivity index (χ1n) is 17.2. The predicted octanol–water partition coefficient (Wildman–Crippen LogP) is 12.3. The Labute approximate surface area is 316 Å². The number of methoxy groups -OCH3 is 4. The van der Waals surface area contributed by atoms with Crippen molar-refractivity contribution >= 4 is 57.6 Å². The number of thioether (sulfide) groups is 2. The maximum Gasteiger partial charge on any atom is 0.119 e. The van der Waals surface area contributed by atoms with E-state index in [0.717, 1.165) is 81.5 Å². The van der Waals surface area contributed by atoms with Crippen molar-refractivity contribution in [2.75, 3.05) is 49.7 Å². The minimum atomic E-state index is 0.833. The number of benzene rings is 6. The molecule has 0 aliphatic heterocycles. The minimum Gasteiger partial charge on any atom is -0.497 e. The zero-order valence-electron chi connectivity index (χ0n) is 30.0. The normalized spacial score (nSPS) is 10.8. The summed E-state index contributed by atoms with van der Waals surface area (Å²) in [4.78, 5) is 7.03. The van der Waals surface area contributed by atoms with Crippen molar-refractivity contribution in [3.05, 3.63) is 146 Å².